The van der Waals surface area contributed by atoms with Crippen LogP contribution in [0.1, 0.15) is 31.0 Å². The first-order valence-corrected chi connectivity index (χ1v) is 7.41. The van der Waals surface area contributed by atoms with Crippen LogP contribution in [0.4, 0.5) is 0 Å². The summed E-state index contributed by atoms with van der Waals surface area (Å²) in [5, 5.41) is 3.65. The maximum atomic E-state index is 5.57. The molecule has 0 aliphatic carbocycles. The van der Waals surface area contributed by atoms with Gasteiger partial charge in [0.2, 0.25) is 6.79 Å². The lowest BCUT2D eigenvalue weighted by molar-refractivity contribution is 0.173. The van der Waals surface area contributed by atoms with Crippen LogP contribution in [0.5, 0.6) is 11.5 Å². The molecule has 0 saturated heterocycles. The van der Waals surface area contributed by atoms with E-state index in [9.17, 15) is 0 Å². The van der Waals surface area contributed by atoms with Crippen LogP contribution in [-0.4, -0.2) is 6.79 Å². The van der Waals surface area contributed by atoms with Gasteiger partial charge in [-0.05, 0) is 17.5 Å². The largest absolute Gasteiger partial charge is 0.454 e. The number of benzene rings is 2. The third kappa shape index (κ3) is 3.03. The van der Waals surface area contributed by atoms with E-state index in [4.69, 9.17) is 9.47 Å². The molecule has 0 aromatic heterocycles. The fraction of sp³-hybridized carbons (Fsp3) is 0.333. The van der Waals surface area contributed by atoms with Crippen molar-refractivity contribution in [2.24, 2.45) is 5.92 Å². The zero-order valence-electron chi connectivity index (χ0n) is 12.5. The fourth-order valence-electron chi connectivity index (χ4n) is 2.75. The summed E-state index contributed by atoms with van der Waals surface area (Å²) in [5.74, 6) is 2.23. The summed E-state index contributed by atoms with van der Waals surface area (Å²) >= 11 is 0. The summed E-state index contributed by atoms with van der Waals surface area (Å²) in [4.78, 5) is 0. The van der Waals surface area contributed by atoms with Gasteiger partial charge in [0, 0.05) is 18.2 Å². The van der Waals surface area contributed by atoms with Crippen LogP contribution >= 0.6 is 0 Å². The Kier molecular flexibility index (Phi) is 4.11. The van der Waals surface area contributed by atoms with Crippen LogP contribution in [0.15, 0.2) is 48.5 Å². The Morgan fingerprint density at radius 1 is 1.00 bits per heavy atom. The second-order valence-corrected chi connectivity index (χ2v) is 5.66. The molecule has 0 fully saturated rings. The summed E-state index contributed by atoms with van der Waals surface area (Å²) in [6.45, 7) is 5.56. The highest BCUT2D eigenvalue weighted by Gasteiger charge is 2.19. The Morgan fingerprint density at radius 2 is 1.81 bits per heavy atom. The van der Waals surface area contributed by atoms with Crippen molar-refractivity contribution in [3.8, 4) is 11.5 Å². The third-order valence-electron chi connectivity index (χ3n) is 3.82. The van der Waals surface area contributed by atoms with Gasteiger partial charge in [-0.15, -0.1) is 0 Å². The first-order valence-electron chi connectivity index (χ1n) is 7.41. The van der Waals surface area contributed by atoms with E-state index in [1.54, 1.807) is 0 Å². The van der Waals surface area contributed by atoms with Gasteiger partial charge < -0.3 is 14.8 Å². The molecule has 0 spiro atoms. The van der Waals surface area contributed by atoms with Gasteiger partial charge >= 0.3 is 0 Å². The normalized spacial score (nSPS) is 14.4. The second-order valence-electron chi connectivity index (χ2n) is 5.66. The quantitative estimate of drug-likeness (QED) is 0.902. The van der Waals surface area contributed by atoms with Crippen molar-refractivity contribution in [2.45, 2.75) is 26.4 Å². The summed E-state index contributed by atoms with van der Waals surface area (Å²) in [5.41, 5.74) is 2.46. The maximum absolute atomic E-state index is 5.57. The van der Waals surface area contributed by atoms with Crippen molar-refractivity contribution in [3.05, 3.63) is 59.7 Å². The molecule has 2 aromatic rings. The number of rotatable bonds is 5. The second kappa shape index (κ2) is 6.19. The topological polar surface area (TPSA) is 30.5 Å². The van der Waals surface area contributed by atoms with E-state index in [0.717, 1.165) is 23.6 Å². The number of nitrogens with one attached hydrogen (secondary N) is 1. The number of hydrogen-bond donors (Lipinski definition) is 1. The maximum Gasteiger partial charge on any atom is 0.231 e. The SMILES string of the molecule is CC(C)C(NCc1cccc2c1OCO2)c1ccccc1. The van der Waals surface area contributed by atoms with Crippen molar-refractivity contribution >= 4 is 0 Å². The van der Waals surface area contributed by atoms with Gasteiger partial charge in [-0.2, -0.15) is 0 Å². The predicted molar refractivity (Wildman–Crippen MR) is 83.4 cm³/mol. The van der Waals surface area contributed by atoms with Crippen molar-refractivity contribution in [3.63, 3.8) is 0 Å². The van der Waals surface area contributed by atoms with Crippen molar-refractivity contribution < 1.29 is 9.47 Å². The minimum absolute atomic E-state index is 0.318. The minimum atomic E-state index is 0.318. The molecule has 0 amide bonds. The van der Waals surface area contributed by atoms with Crippen LogP contribution in [0.25, 0.3) is 0 Å². The molecule has 3 nitrogen and oxygen atoms in total. The molecule has 3 heteroatoms. The van der Waals surface area contributed by atoms with Crippen LogP contribution in [0.3, 0.4) is 0 Å². The van der Waals surface area contributed by atoms with Crippen molar-refractivity contribution in [1.29, 1.82) is 0 Å². The lowest BCUT2D eigenvalue weighted by Gasteiger charge is -2.23. The predicted octanol–water partition coefficient (Wildman–Crippen LogP) is 3.90. The average molecular weight is 283 g/mol. The Balaban J connectivity index is 1.75. The molecule has 1 heterocycles. The highest BCUT2D eigenvalue weighted by Crippen LogP contribution is 2.35. The van der Waals surface area contributed by atoms with Gasteiger partial charge in [-0.25, -0.2) is 0 Å². The van der Waals surface area contributed by atoms with Crippen molar-refractivity contribution in [2.75, 3.05) is 6.79 Å². The van der Waals surface area contributed by atoms with Gasteiger partial charge in [0.1, 0.15) is 0 Å². The van der Waals surface area contributed by atoms with Gasteiger partial charge in [-0.1, -0.05) is 56.3 Å². The third-order valence-corrected chi connectivity index (χ3v) is 3.82. The zero-order chi connectivity index (χ0) is 14.7. The van der Waals surface area contributed by atoms with E-state index in [2.05, 4.69) is 55.6 Å². The Morgan fingerprint density at radius 3 is 2.57 bits per heavy atom. The smallest absolute Gasteiger partial charge is 0.231 e. The van der Waals surface area contributed by atoms with Gasteiger partial charge in [0.25, 0.3) is 0 Å². The molecule has 1 N–H and O–H groups in total. The highest BCUT2D eigenvalue weighted by molar-refractivity contribution is 5.48. The molecule has 110 valence electrons. The Labute approximate surface area is 125 Å². The first-order chi connectivity index (χ1) is 10.3. The Hall–Kier alpha value is -2.00. The molecule has 0 saturated carbocycles. The molecule has 0 bridgehead atoms. The van der Waals surface area contributed by atoms with E-state index in [1.165, 1.54) is 5.56 Å². The van der Waals surface area contributed by atoms with E-state index in [-0.39, 0.29) is 0 Å². The molecule has 1 unspecified atom stereocenters. The molecule has 21 heavy (non-hydrogen) atoms. The number of fused-ring (bicyclic) bond motifs is 1. The molecule has 0 radical (unpaired) electrons. The minimum Gasteiger partial charge on any atom is -0.454 e. The lowest BCUT2D eigenvalue weighted by Crippen LogP contribution is -2.25. The fourth-order valence-corrected chi connectivity index (χ4v) is 2.75. The van der Waals surface area contributed by atoms with E-state index in [0.29, 0.717) is 18.8 Å². The zero-order valence-corrected chi connectivity index (χ0v) is 12.5. The summed E-state index contributed by atoms with van der Waals surface area (Å²) in [6.07, 6.45) is 0. The lowest BCUT2D eigenvalue weighted by atomic mass is 9.96. The van der Waals surface area contributed by atoms with E-state index < -0.39 is 0 Å². The monoisotopic (exact) mass is 283 g/mol. The van der Waals surface area contributed by atoms with E-state index >= 15 is 0 Å². The number of hydrogen-bond acceptors (Lipinski definition) is 3. The Bertz CT molecular complexity index is 595. The van der Waals surface area contributed by atoms with Crippen LogP contribution in [0, 0.1) is 5.92 Å². The molecule has 3 rings (SSSR count). The van der Waals surface area contributed by atoms with Crippen LogP contribution < -0.4 is 14.8 Å². The van der Waals surface area contributed by atoms with Gasteiger partial charge in [0.05, 0.1) is 0 Å². The molecule has 2 aromatic carbocycles. The van der Waals surface area contributed by atoms with Crippen LogP contribution in [-0.2, 0) is 6.54 Å². The summed E-state index contributed by atoms with van der Waals surface area (Å²) in [6, 6.07) is 16.9. The first kappa shape index (κ1) is 14.0. The standard InChI is InChI=1S/C18H21NO2/c1-13(2)17(14-7-4-3-5-8-14)19-11-15-9-6-10-16-18(15)21-12-20-16/h3-10,13,17,19H,11-12H2,1-2H3. The number of para-hydroxylation sites is 1. The molecule has 1 aliphatic heterocycles. The number of ether oxygens (including phenoxy) is 2. The average Bonchev–Trinajstić information content (AvgIpc) is 2.97. The molecular weight excluding hydrogens is 262 g/mol. The summed E-state index contributed by atoms with van der Waals surface area (Å²) in [7, 11) is 0. The van der Waals surface area contributed by atoms with Gasteiger partial charge in [-0.3, -0.25) is 0 Å². The molecule has 1 atom stereocenters. The van der Waals surface area contributed by atoms with Crippen LogP contribution in [0.2, 0.25) is 0 Å². The van der Waals surface area contributed by atoms with E-state index in [1.807, 2.05) is 12.1 Å². The highest BCUT2D eigenvalue weighted by atomic mass is 16.7. The summed E-state index contributed by atoms with van der Waals surface area (Å²) < 4.78 is 11.0. The molecule has 1 aliphatic rings. The van der Waals surface area contributed by atoms with Crippen molar-refractivity contribution in [1.82, 2.24) is 5.32 Å². The van der Waals surface area contributed by atoms with Gasteiger partial charge in [0.15, 0.2) is 11.5 Å². The molecular formula is C18H21NO2.